The average molecular weight is 357 g/mol. The lowest BCUT2D eigenvalue weighted by molar-refractivity contribution is 0.0269. The number of carbonyl (C=O) groups excluding carboxylic acids is 2. The molecule has 0 N–H and O–H groups in total. The number of carbonyl (C=O) groups is 2. The summed E-state index contributed by atoms with van der Waals surface area (Å²) in [5, 5.41) is 7.75. The van der Waals surface area contributed by atoms with E-state index in [4.69, 9.17) is 9.15 Å². The summed E-state index contributed by atoms with van der Waals surface area (Å²) in [6.07, 6.45) is 0.767. The number of halogens is 1. The minimum Gasteiger partial charge on any atom is -0.448 e. The van der Waals surface area contributed by atoms with E-state index in [1.807, 2.05) is 0 Å². The summed E-state index contributed by atoms with van der Waals surface area (Å²) in [7, 11) is 1.65. The van der Waals surface area contributed by atoms with Crippen LogP contribution in [0.2, 0.25) is 0 Å². The maximum atomic E-state index is 13.0. The molecule has 0 aliphatic carbocycles. The highest BCUT2D eigenvalue weighted by atomic mass is 19.1. The van der Waals surface area contributed by atoms with Crippen molar-refractivity contribution in [2.24, 2.45) is 7.05 Å². The molecular weight excluding hydrogens is 341 g/mol. The van der Waals surface area contributed by atoms with Crippen molar-refractivity contribution in [1.82, 2.24) is 14.8 Å². The van der Waals surface area contributed by atoms with Crippen LogP contribution in [0.5, 0.6) is 0 Å². The van der Waals surface area contributed by atoms with Gasteiger partial charge >= 0.3 is 5.97 Å². The van der Waals surface area contributed by atoms with Crippen LogP contribution in [0.15, 0.2) is 40.9 Å². The van der Waals surface area contributed by atoms with Gasteiger partial charge in [0.1, 0.15) is 11.5 Å². The Morgan fingerprint density at radius 3 is 2.54 bits per heavy atom. The van der Waals surface area contributed by atoms with Crippen molar-refractivity contribution in [3.05, 3.63) is 59.5 Å². The number of hydrogen-bond donors (Lipinski definition) is 0. The molecule has 0 bridgehead atoms. The molecule has 26 heavy (non-hydrogen) atoms. The van der Waals surface area contributed by atoms with Gasteiger partial charge in [-0.25, -0.2) is 9.18 Å². The van der Waals surface area contributed by atoms with Gasteiger partial charge in [-0.05, 0) is 44.2 Å². The smallest absolute Gasteiger partial charge is 0.355 e. The molecule has 3 aromatic rings. The number of ether oxygens (including phenoxy) is 1. The molecule has 7 nitrogen and oxygen atoms in total. The third-order valence-corrected chi connectivity index (χ3v) is 3.78. The first-order valence-electron chi connectivity index (χ1n) is 7.82. The van der Waals surface area contributed by atoms with E-state index in [2.05, 4.69) is 10.2 Å². The molecule has 0 aliphatic rings. The lowest BCUT2D eigenvalue weighted by atomic mass is 10.2. The van der Waals surface area contributed by atoms with Crippen molar-refractivity contribution in [3.8, 4) is 11.5 Å². The van der Waals surface area contributed by atoms with Crippen LogP contribution in [-0.2, 0) is 11.8 Å². The van der Waals surface area contributed by atoms with Gasteiger partial charge in [-0.15, -0.1) is 10.2 Å². The lowest BCUT2D eigenvalue weighted by Crippen LogP contribution is -2.12. The molecule has 8 heteroatoms. The molecule has 3 rings (SSSR count). The van der Waals surface area contributed by atoms with Crippen molar-refractivity contribution in [3.63, 3.8) is 0 Å². The normalized spacial score (nSPS) is 12.0. The van der Waals surface area contributed by atoms with Gasteiger partial charge in [-0.3, -0.25) is 4.79 Å². The molecule has 1 aromatic carbocycles. The van der Waals surface area contributed by atoms with Crippen molar-refractivity contribution in [2.45, 2.75) is 20.0 Å². The van der Waals surface area contributed by atoms with Gasteiger partial charge < -0.3 is 13.7 Å². The van der Waals surface area contributed by atoms with Crippen LogP contribution in [0.4, 0.5) is 4.39 Å². The number of aromatic nitrogens is 3. The Labute approximate surface area is 148 Å². The maximum Gasteiger partial charge on any atom is 0.355 e. The third-order valence-electron chi connectivity index (χ3n) is 3.78. The van der Waals surface area contributed by atoms with Crippen LogP contribution in [0.1, 0.15) is 46.7 Å². The molecule has 0 aliphatic heterocycles. The van der Waals surface area contributed by atoms with E-state index < -0.39 is 12.1 Å². The Kier molecular flexibility index (Phi) is 4.66. The summed E-state index contributed by atoms with van der Waals surface area (Å²) < 4.78 is 25.3. The second kappa shape index (κ2) is 6.91. The summed E-state index contributed by atoms with van der Waals surface area (Å²) in [6, 6.07) is 7.05. The van der Waals surface area contributed by atoms with Crippen LogP contribution in [0.25, 0.3) is 11.5 Å². The Morgan fingerprint density at radius 1 is 1.23 bits per heavy atom. The first kappa shape index (κ1) is 17.5. The first-order valence-corrected chi connectivity index (χ1v) is 7.82. The number of ketones is 1. The molecule has 0 saturated carbocycles. The summed E-state index contributed by atoms with van der Waals surface area (Å²) in [5.74, 6) is -0.829. The lowest BCUT2D eigenvalue weighted by Gasteiger charge is -2.09. The van der Waals surface area contributed by atoms with E-state index in [-0.39, 0.29) is 29.1 Å². The topological polar surface area (TPSA) is 87.2 Å². The summed E-state index contributed by atoms with van der Waals surface area (Å²) in [5.41, 5.74) is 1.21. The zero-order chi connectivity index (χ0) is 18.8. The van der Waals surface area contributed by atoms with Gasteiger partial charge in [0.05, 0.1) is 0 Å². The van der Waals surface area contributed by atoms with Gasteiger partial charge in [-0.1, -0.05) is 0 Å². The molecule has 2 heterocycles. The maximum absolute atomic E-state index is 13.0. The number of esters is 1. The quantitative estimate of drug-likeness (QED) is 0.514. The zero-order valence-electron chi connectivity index (χ0n) is 14.4. The van der Waals surface area contributed by atoms with Crippen molar-refractivity contribution >= 4 is 11.8 Å². The minimum absolute atomic E-state index is 0.110. The first-order chi connectivity index (χ1) is 12.3. The fraction of sp³-hybridized carbons (Fsp3) is 0.222. The monoisotopic (exact) mass is 357 g/mol. The second-order valence-electron chi connectivity index (χ2n) is 5.78. The highest BCUT2D eigenvalue weighted by Crippen LogP contribution is 2.23. The van der Waals surface area contributed by atoms with Gasteiger partial charge in [0, 0.05) is 24.4 Å². The van der Waals surface area contributed by atoms with Gasteiger partial charge in [-0.2, -0.15) is 0 Å². The summed E-state index contributed by atoms with van der Waals surface area (Å²) >= 11 is 0. The van der Waals surface area contributed by atoms with E-state index in [0.29, 0.717) is 11.1 Å². The fourth-order valence-corrected chi connectivity index (χ4v) is 2.34. The Hall–Kier alpha value is -3.29. The Balaban J connectivity index is 1.74. The van der Waals surface area contributed by atoms with Gasteiger partial charge in [0.15, 0.2) is 11.9 Å². The SMILES string of the molecule is CC(=O)c1cc(C(=O)O[C@H](C)c2nnc(-c3ccc(F)cc3)o2)n(C)c1. The molecule has 0 saturated heterocycles. The van der Waals surface area contributed by atoms with Crippen LogP contribution in [0, 0.1) is 5.82 Å². The standard InChI is InChI=1S/C18H16FN3O4/c1-10(23)13-8-15(22(3)9-13)18(24)25-11(2)16-20-21-17(26-16)12-4-6-14(19)7-5-12/h4-9,11H,1-3H3/t11-/m1/s1. The van der Waals surface area contributed by atoms with Crippen LogP contribution in [0.3, 0.4) is 0 Å². The molecule has 0 amide bonds. The zero-order valence-corrected chi connectivity index (χ0v) is 14.4. The van der Waals surface area contributed by atoms with E-state index in [1.165, 1.54) is 41.8 Å². The van der Waals surface area contributed by atoms with E-state index in [9.17, 15) is 14.0 Å². The van der Waals surface area contributed by atoms with E-state index in [1.54, 1.807) is 20.2 Å². The summed E-state index contributed by atoms with van der Waals surface area (Å²) in [4.78, 5) is 23.7. The predicted molar refractivity (Wildman–Crippen MR) is 88.9 cm³/mol. The van der Waals surface area contributed by atoms with Crippen LogP contribution >= 0.6 is 0 Å². The molecule has 2 aromatic heterocycles. The Morgan fingerprint density at radius 2 is 1.92 bits per heavy atom. The van der Waals surface area contributed by atoms with Crippen molar-refractivity contribution < 1.29 is 23.1 Å². The average Bonchev–Trinajstić information content (AvgIpc) is 3.22. The number of rotatable bonds is 5. The number of hydrogen-bond acceptors (Lipinski definition) is 6. The number of aryl methyl sites for hydroxylation is 1. The molecular formula is C18H16FN3O4. The molecule has 134 valence electrons. The van der Waals surface area contributed by atoms with Crippen molar-refractivity contribution in [2.75, 3.05) is 0 Å². The molecule has 0 spiro atoms. The molecule has 0 radical (unpaired) electrons. The number of Topliss-reactive ketones (excluding diaryl/α,β-unsaturated/α-hetero) is 1. The van der Waals surface area contributed by atoms with Crippen LogP contribution < -0.4 is 0 Å². The molecule has 0 fully saturated rings. The summed E-state index contributed by atoms with van der Waals surface area (Å²) in [6.45, 7) is 3.01. The highest BCUT2D eigenvalue weighted by Gasteiger charge is 2.22. The minimum atomic E-state index is -0.792. The molecule has 1 atom stereocenters. The predicted octanol–water partition coefficient (Wildman–Crippen LogP) is 3.33. The largest absolute Gasteiger partial charge is 0.448 e. The number of nitrogens with zero attached hydrogens (tertiary/aromatic N) is 3. The third kappa shape index (κ3) is 3.53. The highest BCUT2D eigenvalue weighted by molar-refractivity contribution is 5.97. The molecule has 0 unspecified atom stereocenters. The van der Waals surface area contributed by atoms with E-state index >= 15 is 0 Å². The number of benzene rings is 1. The Bertz CT molecular complexity index is 959. The second-order valence-corrected chi connectivity index (χ2v) is 5.78. The van der Waals surface area contributed by atoms with E-state index in [0.717, 1.165) is 0 Å². The van der Waals surface area contributed by atoms with Gasteiger partial charge in [0.2, 0.25) is 5.89 Å². The van der Waals surface area contributed by atoms with Gasteiger partial charge in [0.25, 0.3) is 5.89 Å². The fourth-order valence-electron chi connectivity index (χ4n) is 2.34. The van der Waals surface area contributed by atoms with Crippen LogP contribution in [-0.4, -0.2) is 26.5 Å². The van der Waals surface area contributed by atoms with Crippen molar-refractivity contribution in [1.29, 1.82) is 0 Å².